The lowest BCUT2D eigenvalue weighted by Crippen LogP contribution is -2.48. The van der Waals surface area contributed by atoms with E-state index in [1.165, 1.54) is 77.0 Å². The number of hydrogen-bond donors (Lipinski definition) is 4. The normalized spacial score (nSPS) is 13.0. The summed E-state index contributed by atoms with van der Waals surface area (Å²) in [6.07, 6.45) is 19.9. The topological polar surface area (TPSA) is 160 Å². The van der Waals surface area contributed by atoms with Gasteiger partial charge >= 0.3 is 5.97 Å². The van der Waals surface area contributed by atoms with Crippen molar-refractivity contribution in [3.05, 3.63) is 12.3 Å². The van der Waals surface area contributed by atoms with E-state index in [-0.39, 0.29) is 83.7 Å². The van der Waals surface area contributed by atoms with Crippen molar-refractivity contribution < 1.29 is 33.5 Å². The molecular formula is C94H194N4O7. The molecule has 0 aliphatic carbocycles. The van der Waals surface area contributed by atoms with Gasteiger partial charge in [0.25, 0.3) is 0 Å². The summed E-state index contributed by atoms with van der Waals surface area (Å²) in [5.41, 5.74) is 2.57. The van der Waals surface area contributed by atoms with Crippen molar-refractivity contribution in [2.24, 2.45) is 65.0 Å². The second-order valence-corrected chi connectivity index (χ2v) is 47.5. The highest BCUT2D eigenvalue weighted by molar-refractivity contribution is 5.88. The van der Waals surface area contributed by atoms with Gasteiger partial charge in [0.1, 0.15) is 28.7 Å². The van der Waals surface area contributed by atoms with Gasteiger partial charge in [-0.3, -0.25) is 28.8 Å². The lowest BCUT2D eigenvalue weighted by atomic mass is 9.76. The van der Waals surface area contributed by atoms with Crippen LogP contribution < -0.4 is 21.3 Å². The SMILES string of the molecule is C=C(NCCCCC(C)(C)C)C(C)(C)C.CC(C)(C)C(=O)C(C)(C)C.CC(C)(C)C(=O)CCCC(=O)C(C)(C)C.CC(C)(C)CCCCC(C)(C)C.CC(C)(C)CCCCNC(=O)C(C)(C)C.CC(C)(C)CCCCNC(C)(C)C.CC(C)(C)NC(C)(C)C.CC(C)(C)OC(=O)CCCC(=O)C(C)(C)C. The number of amides is 1. The molecule has 0 aliphatic rings. The highest BCUT2D eigenvalue weighted by Crippen LogP contribution is 2.30. The van der Waals surface area contributed by atoms with Crippen LogP contribution in [0.5, 0.6) is 0 Å². The van der Waals surface area contributed by atoms with Crippen LogP contribution in [0.25, 0.3) is 0 Å². The monoisotopic (exact) mass is 1490 g/mol. The molecule has 4 N–H and O–H groups in total. The lowest BCUT2D eigenvalue weighted by Gasteiger charge is -2.31. The highest BCUT2D eigenvalue weighted by atomic mass is 16.6. The largest absolute Gasteiger partial charge is 0.460 e. The Bertz CT molecular complexity index is 2180. The Balaban J connectivity index is -0.000000172. The van der Waals surface area contributed by atoms with Crippen LogP contribution in [-0.2, 0) is 33.5 Å². The van der Waals surface area contributed by atoms with E-state index in [1.54, 1.807) is 0 Å². The number of unbranched alkanes of at least 4 members (excludes halogenated alkanes) is 4. The summed E-state index contributed by atoms with van der Waals surface area (Å²) < 4.78 is 5.15. The minimum absolute atomic E-state index is 0.151. The van der Waals surface area contributed by atoms with Gasteiger partial charge in [-0.2, -0.15) is 0 Å². The van der Waals surface area contributed by atoms with Crippen molar-refractivity contribution in [1.82, 2.24) is 21.3 Å². The fraction of sp³-hybridized carbons (Fsp3) is 0.915. The Labute approximate surface area is 659 Å². The Morgan fingerprint density at radius 1 is 0.267 bits per heavy atom. The number of carbonyl (C=O) groups is 6. The zero-order valence-electron chi connectivity index (χ0n) is 80.6. The average Bonchev–Trinajstić information content (AvgIpc) is 0.853. The van der Waals surface area contributed by atoms with Crippen LogP contribution in [0.15, 0.2) is 12.3 Å². The fourth-order valence-electron chi connectivity index (χ4n) is 9.66. The van der Waals surface area contributed by atoms with Crippen molar-refractivity contribution >= 4 is 35.0 Å². The molecule has 0 aliphatic heterocycles. The number of esters is 1. The molecule has 11 nitrogen and oxygen atoms in total. The first-order chi connectivity index (χ1) is 45.6. The number of carbonyl (C=O) groups excluding carboxylic acids is 6. The van der Waals surface area contributed by atoms with Gasteiger partial charge in [0.15, 0.2) is 0 Å². The average molecular weight is 1490 g/mol. The van der Waals surface area contributed by atoms with Gasteiger partial charge in [-0.1, -0.05) is 288 Å². The van der Waals surface area contributed by atoms with Gasteiger partial charge in [-0.15, -0.1) is 0 Å². The maximum Gasteiger partial charge on any atom is 0.306 e. The maximum atomic E-state index is 11.6. The van der Waals surface area contributed by atoms with E-state index < -0.39 is 5.60 Å². The van der Waals surface area contributed by atoms with E-state index in [4.69, 9.17) is 4.74 Å². The van der Waals surface area contributed by atoms with E-state index in [9.17, 15) is 28.8 Å². The van der Waals surface area contributed by atoms with Crippen LogP contribution in [0.4, 0.5) is 0 Å². The fourth-order valence-corrected chi connectivity index (χ4v) is 9.66. The molecule has 105 heavy (non-hydrogen) atoms. The van der Waals surface area contributed by atoms with Crippen LogP contribution in [-0.4, -0.2) is 76.9 Å². The number of Topliss-reactive ketones (excluding diaryl/α,β-unsaturated/α-hetero) is 4. The minimum atomic E-state index is -0.439. The second kappa shape index (κ2) is 50.9. The molecule has 0 bridgehead atoms. The third-order valence-electron chi connectivity index (χ3n) is 15.7. The summed E-state index contributed by atoms with van der Waals surface area (Å²) in [4.78, 5) is 69.1. The molecule has 0 spiro atoms. The van der Waals surface area contributed by atoms with Crippen LogP contribution in [0.3, 0.4) is 0 Å². The minimum Gasteiger partial charge on any atom is -0.460 e. The summed E-state index contributed by atoms with van der Waals surface area (Å²) >= 11 is 0. The summed E-state index contributed by atoms with van der Waals surface area (Å²) in [6.45, 7) is 108. The van der Waals surface area contributed by atoms with Crippen molar-refractivity contribution in [1.29, 1.82) is 0 Å². The molecule has 0 heterocycles. The number of rotatable bonds is 24. The van der Waals surface area contributed by atoms with Crippen LogP contribution in [0.2, 0.25) is 0 Å². The molecule has 0 unspecified atom stereocenters. The predicted octanol–water partition coefficient (Wildman–Crippen LogP) is 27.3. The third kappa shape index (κ3) is 101. The van der Waals surface area contributed by atoms with E-state index >= 15 is 0 Å². The summed E-state index contributed by atoms with van der Waals surface area (Å²) in [5, 5.41) is 13.4. The number of ketones is 4. The summed E-state index contributed by atoms with van der Waals surface area (Å²) in [6, 6.07) is 0. The predicted molar refractivity (Wildman–Crippen MR) is 468 cm³/mol. The van der Waals surface area contributed by atoms with Gasteiger partial charge in [0.05, 0.1) is 0 Å². The molecule has 0 aromatic carbocycles. The molecule has 0 aromatic heterocycles. The maximum absolute atomic E-state index is 11.6. The molecule has 0 aromatic rings. The summed E-state index contributed by atoms with van der Waals surface area (Å²) in [7, 11) is 0. The van der Waals surface area contributed by atoms with Gasteiger partial charge in [0.2, 0.25) is 5.91 Å². The molecule has 0 saturated carbocycles. The molecule has 1 amide bonds. The van der Waals surface area contributed by atoms with Crippen molar-refractivity contribution in [3.63, 3.8) is 0 Å². The van der Waals surface area contributed by atoms with Crippen molar-refractivity contribution in [2.45, 2.75) is 477 Å². The molecular weight excluding hydrogens is 1300 g/mol. The summed E-state index contributed by atoms with van der Waals surface area (Å²) in [5.74, 6) is 0.914. The number of ether oxygens (including phenoxy) is 1. The smallest absolute Gasteiger partial charge is 0.306 e. The zero-order valence-corrected chi connectivity index (χ0v) is 80.6. The van der Waals surface area contributed by atoms with Gasteiger partial charge < -0.3 is 26.0 Å². The zero-order chi connectivity index (χ0) is 86.1. The van der Waals surface area contributed by atoms with Crippen molar-refractivity contribution in [2.75, 3.05) is 19.6 Å². The molecule has 11 heteroatoms. The van der Waals surface area contributed by atoms with Crippen LogP contribution in [0.1, 0.15) is 454 Å². The Morgan fingerprint density at radius 3 is 0.705 bits per heavy atom. The quantitative estimate of drug-likeness (QED) is 0.0541. The first-order valence-corrected chi connectivity index (χ1v) is 41.2. The first kappa shape index (κ1) is 118. The number of allylic oxidation sites excluding steroid dienone is 1. The van der Waals surface area contributed by atoms with Crippen LogP contribution >= 0.6 is 0 Å². The lowest BCUT2D eigenvalue weighted by molar-refractivity contribution is -0.155. The van der Waals surface area contributed by atoms with E-state index in [0.29, 0.717) is 71.4 Å². The molecule has 632 valence electrons. The standard InChI is InChI=1S/C14H29N.C13H27NO.C13H24O3.C13H24O2.C12H27N.C12H26.C9H18O.C8H19N/c1-12(14(5,6)7)15-11-9-8-10-13(2,3)4;1-12(2,3)9-7-8-10-14-11(15)13(4,5)6;1-12(2,3)10(14)8-7-9-11(15)16-13(4,5)6;1-12(2,3)10(14)8-7-9-11(15)13(4,5)6;1-11(2,3)9-7-8-10-13-12(4,5)6;1-11(2,3)9-7-8-10-12(4,5)6;1-8(2,3)7(10)9(4,5)6;1-7(2,3)9-8(4,5)6/h15H,1,8-11H2,2-7H3;7-10H2,1-6H3,(H,14,15);7-9H2,1-6H3;7-9H2,1-6H3;13H,7-10H2,1-6H3;7-10H2,1-6H3;1-6H3;9H,1-6H3. The number of hydrogen-bond acceptors (Lipinski definition) is 10. The van der Waals surface area contributed by atoms with E-state index in [2.05, 4.69) is 215 Å². The Morgan fingerprint density at radius 2 is 0.514 bits per heavy atom. The molecule has 0 fully saturated rings. The van der Waals surface area contributed by atoms with Gasteiger partial charge in [-0.25, -0.2) is 0 Å². The molecule has 0 atom stereocenters. The Hall–Kier alpha value is -2.92. The van der Waals surface area contributed by atoms with Crippen LogP contribution in [0, 0.1) is 65.0 Å². The van der Waals surface area contributed by atoms with E-state index in [1.807, 2.05) is 145 Å². The van der Waals surface area contributed by atoms with E-state index in [0.717, 1.165) is 31.8 Å². The van der Waals surface area contributed by atoms with Crippen molar-refractivity contribution in [3.8, 4) is 0 Å². The van der Waals surface area contributed by atoms with Gasteiger partial charge in [-0.05, 0) is 181 Å². The van der Waals surface area contributed by atoms with Gasteiger partial charge in [0, 0.05) is 99.0 Å². The molecule has 0 saturated heterocycles. The third-order valence-corrected chi connectivity index (χ3v) is 15.7. The molecule has 0 rings (SSSR count). The molecule has 0 radical (unpaired) electrons. The highest BCUT2D eigenvalue weighted by Gasteiger charge is 2.32. The Kier molecular flexibility index (Phi) is 57.1. The first-order valence-electron chi connectivity index (χ1n) is 41.2. The number of nitrogens with one attached hydrogen (secondary N) is 4. The second-order valence-electron chi connectivity index (χ2n) is 47.5.